The van der Waals surface area contributed by atoms with Crippen LogP contribution in [-0.2, 0) is 14.3 Å². The topological polar surface area (TPSA) is 95.9 Å². The van der Waals surface area contributed by atoms with Crippen molar-refractivity contribution in [1.29, 1.82) is 0 Å². The maximum absolute atomic E-state index is 12.5. The van der Waals surface area contributed by atoms with Gasteiger partial charge in [0.15, 0.2) is 0 Å². The molecule has 2 unspecified atom stereocenters. The Labute approximate surface area is 495 Å². The number of unbranched alkanes of at least 4 members (excludes halogenated alkanes) is 56. The van der Waals surface area contributed by atoms with Crippen molar-refractivity contribution in [3.05, 3.63) is 12.2 Å². The fraction of sp³-hybridized carbons (Fsp3) is 0.945. The maximum Gasteiger partial charge on any atom is 0.305 e. The van der Waals surface area contributed by atoms with Gasteiger partial charge in [-0.1, -0.05) is 366 Å². The summed E-state index contributed by atoms with van der Waals surface area (Å²) in [5.74, 6) is -0.00516. The van der Waals surface area contributed by atoms with E-state index < -0.39 is 12.1 Å². The lowest BCUT2D eigenvalue weighted by Gasteiger charge is -2.22. The number of aliphatic hydroxyl groups is 2. The molecule has 0 aliphatic rings. The molecule has 3 N–H and O–H groups in total. The van der Waals surface area contributed by atoms with Crippen molar-refractivity contribution in [2.75, 3.05) is 13.2 Å². The molecule has 79 heavy (non-hydrogen) atoms. The zero-order chi connectivity index (χ0) is 57.1. The Balaban J connectivity index is 3.30. The molecule has 0 bridgehead atoms. The van der Waals surface area contributed by atoms with Crippen LogP contribution in [0.25, 0.3) is 0 Å². The number of nitrogens with one attached hydrogen (secondary N) is 1. The summed E-state index contributed by atoms with van der Waals surface area (Å²) in [6.45, 7) is 4.99. The number of amides is 1. The van der Waals surface area contributed by atoms with E-state index in [1.54, 1.807) is 0 Å². The van der Waals surface area contributed by atoms with Gasteiger partial charge in [0.25, 0.3) is 0 Å². The smallest absolute Gasteiger partial charge is 0.305 e. The van der Waals surface area contributed by atoms with Crippen molar-refractivity contribution in [1.82, 2.24) is 5.32 Å². The Morgan fingerprint density at radius 3 is 0.899 bits per heavy atom. The molecule has 470 valence electrons. The molecule has 0 rings (SSSR count). The number of hydrogen-bond donors (Lipinski definition) is 3. The number of aliphatic hydroxyl groups excluding tert-OH is 2. The van der Waals surface area contributed by atoms with Crippen LogP contribution in [0.15, 0.2) is 12.2 Å². The van der Waals surface area contributed by atoms with Gasteiger partial charge in [0, 0.05) is 12.8 Å². The molecule has 0 fully saturated rings. The van der Waals surface area contributed by atoms with Gasteiger partial charge in [0.1, 0.15) is 0 Å². The zero-order valence-electron chi connectivity index (χ0n) is 53.9. The Hall–Kier alpha value is -1.40. The van der Waals surface area contributed by atoms with Gasteiger partial charge in [-0.05, 0) is 51.4 Å². The molecule has 0 aliphatic heterocycles. The summed E-state index contributed by atoms with van der Waals surface area (Å²) >= 11 is 0. The second-order valence-electron chi connectivity index (χ2n) is 25.3. The van der Waals surface area contributed by atoms with Crippen LogP contribution in [0.2, 0.25) is 0 Å². The van der Waals surface area contributed by atoms with E-state index in [0.717, 1.165) is 38.5 Å². The highest BCUT2D eigenvalue weighted by Gasteiger charge is 2.20. The third-order valence-corrected chi connectivity index (χ3v) is 17.3. The monoisotopic (exact) mass is 1110 g/mol. The third kappa shape index (κ3) is 65.6. The fourth-order valence-electron chi connectivity index (χ4n) is 11.8. The van der Waals surface area contributed by atoms with Crippen LogP contribution < -0.4 is 5.32 Å². The number of ether oxygens (including phenoxy) is 1. The number of allylic oxidation sites excluding steroid dienone is 2. The molecule has 0 heterocycles. The summed E-state index contributed by atoms with van der Waals surface area (Å²) in [7, 11) is 0. The maximum atomic E-state index is 12.5. The van der Waals surface area contributed by atoms with Crippen LogP contribution in [0.5, 0.6) is 0 Å². The normalized spacial score (nSPS) is 12.5. The Morgan fingerprint density at radius 2 is 0.595 bits per heavy atom. The van der Waals surface area contributed by atoms with Gasteiger partial charge >= 0.3 is 5.97 Å². The minimum atomic E-state index is -0.659. The van der Waals surface area contributed by atoms with Crippen LogP contribution in [0.4, 0.5) is 0 Å². The number of carbonyl (C=O) groups is 2. The summed E-state index contributed by atoms with van der Waals surface area (Å²) in [5, 5.41) is 23.3. The van der Waals surface area contributed by atoms with Gasteiger partial charge in [-0.25, -0.2) is 0 Å². The molecule has 1 amide bonds. The van der Waals surface area contributed by atoms with E-state index >= 15 is 0 Å². The molecular weight excluding hydrogens is 971 g/mol. The first-order valence-corrected chi connectivity index (χ1v) is 36.4. The quantitative estimate of drug-likeness (QED) is 0.0320. The fourth-order valence-corrected chi connectivity index (χ4v) is 11.8. The van der Waals surface area contributed by atoms with Gasteiger partial charge in [-0.3, -0.25) is 9.59 Å². The Kier molecular flexibility index (Phi) is 67.9. The second-order valence-corrected chi connectivity index (χ2v) is 25.3. The predicted molar refractivity (Wildman–Crippen MR) is 347 cm³/mol. The molecular formula is C73H143NO5. The molecule has 0 aromatic heterocycles. The highest BCUT2D eigenvalue weighted by atomic mass is 16.5. The van der Waals surface area contributed by atoms with E-state index in [-0.39, 0.29) is 18.5 Å². The molecule has 0 spiro atoms. The van der Waals surface area contributed by atoms with Crippen LogP contribution in [0.1, 0.15) is 418 Å². The molecule has 0 saturated carbocycles. The van der Waals surface area contributed by atoms with Gasteiger partial charge in [-0.2, -0.15) is 0 Å². The molecule has 0 aliphatic carbocycles. The summed E-state index contributed by atoms with van der Waals surface area (Å²) < 4.78 is 5.49. The van der Waals surface area contributed by atoms with E-state index in [4.69, 9.17) is 4.74 Å². The first-order valence-electron chi connectivity index (χ1n) is 36.4. The predicted octanol–water partition coefficient (Wildman–Crippen LogP) is 23.5. The van der Waals surface area contributed by atoms with E-state index in [2.05, 4.69) is 31.3 Å². The van der Waals surface area contributed by atoms with E-state index in [9.17, 15) is 19.8 Å². The van der Waals surface area contributed by atoms with Crippen LogP contribution in [0.3, 0.4) is 0 Å². The standard InChI is InChI=1S/C73H143NO5/c1-3-5-7-9-11-13-15-42-47-51-55-59-63-67-73(78)79-68-64-60-56-52-48-44-41-39-37-35-33-31-29-27-25-23-21-19-17-18-20-22-24-26-28-30-32-34-36-38-40-43-46-50-54-58-62-66-72(77)74-70(69-75)71(76)65-61-57-53-49-45-16-14-12-10-8-6-4-2/h17,19,70-71,75-76H,3-16,18,20-69H2,1-2H3,(H,74,77)/b19-17-. The molecule has 0 aromatic carbocycles. The van der Waals surface area contributed by atoms with Crippen molar-refractivity contribution < 1.29 is 24.5 Å². The average molecular weight is 1110 g/mol. The van der Waals surface area contributed by atoms with Gasteiger partial charge in [0.2, 0.25) is 5.91 Å². The third-order valence-electron chi connectivity index (χ3n) is 17.3. The van der Waals surface area contributed by atoms with Crippen molar-refractivity contribution >= 4 is 11.9 Å². The van der Waals surface area contributed by atoms with Crippen molar-refractivity contribution in [2.45, 2.75) is 431 Å². The average Bonchev–Trinajstić information content (AvgIpc) is 3.45. The highest BCUT2D eigenvalue weighted by molar-refractivity contribution is 5.76. The molecule has 0 aromatic rings. The van der Waals surface area contributed by atoms with Crippen LogP contribution >= 0.6 is 0 Å². The lowest BCUT2D eigenvalue weighted by Crippen LogP contribution is -2.45. The number of esters is 1. The molecule has 0 radical (unpaired) electrons. The number of hydrogen-bond acceptors (Lipinski definition) is 5. The van der Waals surface area contributed by atoms with Crippen molar-refractivity contribution in [3.8, 4) is 0 Å². The molecule has 6 nitrogen and oxygen atoms in total. The first kappa shape index (κ1) is 77.6. The minimum Gasteiger partial charge on any atom is -0.466 e. The SMILES string of the molecule is CCCCCCCCCCCCCCCC(=O)OCCCCCCCCCCCCCCCCCC/C=C\CCCCCCCCCCCCCCCCCCCC(=O)NC(CO)C(O)CCCCCCCCCCCCCC. The van der Waals surface area contributed by atoms with Crippen molar-refractivity contribution in [3.63, 3.8) is 0 Å². The summed E-state index contributed by atoms with van der Waals surface area (Å²) in [6.07, 6.45) is 85.8. The van der Waals surface area contributed by atoms with Gasteiger partial charge in [-0.15, -0.1) is 0 Å². The van der Waals surface area contributed by atoms with Crippen molar-refractivity contribution in [2.24, 2.45) is 0 Å². The molecule has 0 saturated heterocycles. The lowest BCUT2D eigenvalue weighted by atomic mass is 10.0. The zero-order valence-corrected chi connectivity index (χ0v) is 53.9. The van der Waals surface area contributed by atoms with Crippen LogP contribution in [-0.4, -0.2) is 47.4 Å². The Morgan fingerprint density at radius 1 is 0.342 bits per heavy atom. The highest BCUT2D eigenvalue weighted by Crippen LogP contribution is 2.19. The number of carbonyl (C=O) groups excluding carboxylic acids is 2. The summed E-state index contributed by atoms with van der Waals surface area (Å²) in [4.78, 5) is 24.5. The molecule has 2 atom stereocenters. The largest absolute Gasteiger partial charge is 0.466 e. The van der Waals surface area contributed by atoms with E-state index in [1.165, 1.54) is 347 Å². The van der Waals surface area contributed by atoms with Gasteiger partial charge < -0.3 is 20.3 Å². The van der Waals surface area contributed by atoms with Gasteiger partial charge in [0.05, 0.1) is 25.4 Å². The Bertz CT molecular complexity index is 1190. The van der Waals surface area contributed by atoms with Crippen LogP contribution in [0, 0.1) is 0 Å². The van der Waals surface area contributed by atoms with E-state index in [1.807, 2.05) is 0 Å². The number of rotatable bonds is 69. The second kappa shape index (κ2) is 69.1. The van der Waals surface area contributed by atoms with E-state index in [0.29, 0.717) is 25.9 Å². The first-order chi connectivity index (χ1) is 39.0. The summed E-state index contributed by atoms with van der Waals surface area (Å²) in [6, 6.07) is -0.536. The minimum absolute atomic E-state index is 0.0238. The summed E-state index contributed by atoms with van der Waals surface area (Å²) in [5.41, 5.74) is 0. The lowest BCUT2D eigenvalue weighted by molar-refractivity contribution is -0.143. The molecule has 6 heteroatoms.